The molecular formula is C22H34BNO6. The van der Waals surface area contributed by atoms with Gasteiger partial charge in [-0.05, 0) is 60.9 Å². The van der Waals surface area contributed by atoms with Gasteiger partial charge in [-0.25, -0.2) is 4.79 Å². The van der Waals surface area contributed by atoms with E-state index in [0.717, 1.165) is 0 Å². The van der Waals surface area contributed by atoms with Crippen molar-refractivity contribution in [3.05, 3.63) is 29.3 Å². The van der Waals surface area contributed by atoms with E-state index < -0.39 is 35.8 Å². The molecule has 1 aromatic rings. The van der Waals surface area contributed by atoms with Gasteiger partial charge in [0.2, 0.25) is 5.91 Å². The summed E-state index contributed by atoms with van der Waals surface area (Å²) in [5.74, 6) is -1.05. The van der Waals surface area contributed by atoms with Crippen LogP contribution < -0.4 is 10.1 Å². The van der Waals surface area contributed by atoms with Crippen molar-refractivity contribution in [2.75, 3.05) is 14.2 Å². The number of benzene rings is 1. The number of hydrogen-bond acceptors (Lipinski definition) is 6. The van der Waals surface area contributed by atoms with Crippen molar-refractivity contribution in [1.29, 1.82) is 0 Å². The van der Waals surface area contributed by atoms with Crippen LogP contribution in [0.4, 0.5) is 0 Å². The highest BCUT2D eigenvalue weighted by Crippen LogP contribution is 2.41. The average molecular weight is 419 g/mol. The predicted octanol–water partition coefficient (Wildman–Crippen LogP) is 3.57. The van der Waals surface area contributed by atoms with E-state index in [2.05, 4.69) is 5.32 Å². The van der Waals surface area contributed by atoms with Gasteiger partial charge in [-0.15, -0.1) is 0 Å². The fourth-order valence-corrected chi connectivity index (χ4v) is 3.35. The predicted molar refractivity (Wildman–Crippen MR) is 116 cm³/mol. The highest BCUT2D eigenvalue weighted by Gasteiger charge is 2.52. The second-order valence-electron chi connectivity index (χ2n) is 9.52. The van der Waals surface area contributed by atoms with Gasteiger partial charge in [-0.1, -0.05) is 12.1 Å². The summed E-state index contributed by atoms with van der Waals surface area (Å²) in [5, 5.41) is 2.70. The van der Waals surface area contributed by atoms with Crippen LogP contribution in [0.1, 0.15) is 70.3 Å². The van der Waals surface area contributed by atoms with Gasteiger partial charge < -0.3 is 24.1 Å². The summed E-state index contributed by atoms with van der Waals surface area (Å²) in [5.41, 5.74) is -0.815. The van der Waals surface area contributed by atoms with Crippen molar-refractivity contribution >= 4 is 19.0 Å². The van der Waals surface area contributed by atoms with Crippen LogP contribution in [0.15, 0.2) is 18.2 Å². The maximum absolute atomic E-state index is 12.8. The Balaban J connectivity index is 2.42. The third-order valence-corrected chi connectivity index (χ3v) is 5.54. The molecule has 0 saturated carbocycles. The van der Waals surface area contributed by atoms with Gasteiger partial charge >= 0.3 is 13.1 Å². The first-order valence-corrected chi connectivity index (χ1v) is 10.2. The molecule has 1 atom stereocenters. The van der Waals surface area contributed by atoms with E-state index >= 15 is 0 Å². The summed E-state index contributed by atoms with van der Waals surface area (Å²) in [4.78, 5) is 25.5. The Hall–Kier alpha value is -2.06. The molecule has 166 valence electrons. The van der Waals surface area contributed by atoms with E-state index in [4.69, 9.17) is 18.8 Å². The molecular weight excluding hydrogens is 385 g/mol. The van der Waals surface area contributed by atoms with Gasteiger partial charge in [-0.3, -0.25) is 4.79 Å². The molecule has 0 spiro atoms. The summed E-state index contributed by atoms with van der Waals surface area (Å²) in [6.07, 6.45) is 0.278. The molecule has 1 aromatic carbocycles. The molecule has 30 heavy (non-hydrogen) atoms. The van der Waals surface area contributed by atoms with Gasteiger partial charge in [-0.2, -0.15) is 0 Å². The molecule has 0 aliphatic carbocycles. The van der Waals surface area contributed by atoms with Gasteiger partial charge in [0.1, 0.15) is 16.9 Å². The fraction of sp³-hybridized carbons (Fsp3) is 0.636. The minimum atomic E-state index is -0.652. The van der Waals surface area contributed by atoms with E-state index in [0.29, 0.717) is 11.3 Å². The summed E-state index contributed by atoms with van der Waals surface area (Å²) in [6.45, 7) is 13.3. The van der Waals surface area contributed by atoms with Crippen LogP contribution in [0.5, 0.6) is 5.75 Å². The summed E-state index contributed by atoms with van der Waals surface area (Å²) in [7, 11) is 2.47. The van der Waals surface area contributed by atoms with E-state index in [1.165, 1.54) is 7.11 Å². The third-order valence-electron chi connectivity index (χ3n) is 5.54. The summed E-state index contributed by atoms with van der Waals surface area (Å²) < 4.78 is 23.3. The average Bonchev–Trinajstić information content (AvgIpc) is 2.83. The molecule has 1 fully saturated rings. The molecule has 1 N–H and O–H groups in total. The largest absolute Gasteiger partial charge is 0.496 e. The normalized spacial score (nSPS) is 18.6. The van der Waals surface area contributed by atoms with Crippen LogP contribution in [0.25, 0.3) is 0 Å². The molecule has 0 bridgehead atoms. The molecule has 1 saturated heterocycles. The number of likely N-dealkylation sites (N-methyl/N-ethyl adjacent to an activating group) is 1. The summed E-state index contributed by atoms with van der Waals surface area (Å²) in [6, 6.07) is 5.13. The zero-order valence-corrected chi connectivity index (χ0v) is 19.5. The molecule has 8 heteroatoms. The lowest BCUT2D eigenvalue weighted by molar-refractivity contribution is -0.121. The van der Waals surface area contributed by atoms with Gasteiger partial charge in [0.05, 0.1) is 24.2 Å². The van der Waals surface area contributed by atoms with Crippen molar-refractivity contribution in [1.82, 2.24) is 5.32 Å². The van der Waals surface area contributed by atoms with Gasteiger partial charge in [0, 0.05) is 12.6 Å². The number of para-hydroxylation sites is 1. The molecule has 1 aliphatic heterocycles. The number of rotatable bonds is 6. The Morgan fingerprint density at radius 2 is 1.70 bits per heavy atom. The molecule has 0 aromatic heterocycles. The molecule has 2 rings (SSSR count). The van der Waals surface area contributed by atoms with Crippen molar-refractivity contribution < 1.29 is 28.4 Å². The number of carbonyl (C=O) groups is 2. The lowest BCUT2D eigenvalue weighted by atomic mass is 9.74. The summed E-state index contributed by atoms with van der Waals surface area (Å²) >= 11 is 0. The Kier molecular flexibility index (Phi) is 6.94. The van der Waals surface area contributed by atoms with E-state index in [1.807, 2.05) is 27.7 Å². The van der Waals surface area contributed by atoms with Crippen LogP contribution in [-0.4, -0.2) is 50.0 Å². The standard InChI is InChI=1S/C22H34BNO6/c1-20(2,3)28-19(26)15-12-10-11-14(17(15)27-9)16(18(25)24-8)13-23-29-21(4,5)22(6,7)30-23/h10-12,16H,13H2,1-9H3,(H,24,25). The van der Waals surface area contributed by atoms with Crippen molar-refractivity contribution in [2.45, 2.75) is 77.5 Å². The van der Waals surface area contributed by atoms with Crippen molar-refractivity contribution in [3.63, 3.8) is 0 Å². The Morgan fingerprint density at radius 1 is 1.13 bits per heavy atom. The maximum Gasteiger partial charge on any atom is 0.458 e. The Morgan fingerprint density at radius 3 is 2.17 bits per heavy atom. The molecule has 1 unspecified atom stereocenters. The van der Waals surface area contributed by atoms with E-state index in [-0.39, 0.29) is 17.8 Å². The highest BCUT2D eigenvalue weighted by atomic mass is 16.7. The molecule has 1 aliphatic rings. The third kappa shape index (κ3) is 5.16. The van der Waals surface area contributed by atoms with Crippen molar-refractivity contribution in [3.8, 4) is 5.75 Å². The minimum absolute atomic E-state index is 0.218. The maximum atomic E-state index is 12.8. The molecule has 0 radical (unpaired) electrons. The van der Waals surface area contributed by atoms with Gasteiger partial charge in [0.25, 0.3) is 0 Å². The van der Waals surface area contributed by atoms with Crippen LogP contribution in [-0.2, 0) is 18.8 Å². The van der Waals surface area contributed by atoms with Crippen LogP contribution in [0.3, 0.4) is 0 Å². The number of ether oxygens (including phenoxy) is 2. The molecule has 1 heterocycles. The van der Waals surface area contributed by atoms with Crippen LogP contribution in [0.2, 0.25) is 6.32 Å². The first-order valence-electron chi connectivity index (χ1n) is 10.2. The molecule has 1 amide bonds. The van der Waals surface area contributed by atoms with Crippen LogP contribution in [0, 0.1) is 0 Å². The topological polar surface area (TPSA) is 83.1 Å². The first-order chi connectivity index (χ1) is 13.7. The van der Waals surface area contributed by atoms with Crippen LogP contribution >= 0.6 is 0 Å². The Labute approximate surface area is 179 Å². The zero-order chi connectivity index (χ0) is 22.9. The first kappa shape index (κ1) is 24.2. The quantitative estimate of drug-likeness (QED) is 0.561. The zero-order valence-electron chi connectivity index (χ0n) is 19.5. The van der Waals surface area contributed by atoms with E-state index in [1.54, 1.807) is 46.0 Å². The smallest absolute Gasteiger partial charge is 0.458 e. The second-order valence-corrected chi connectivity index (χ2v) is 9.52. The number of carbonyl (C=O) groups excluding carboxylic acids is 2. The number of methoxy groups -OCH3 is 1. The SMILES string of the molecule is CNC(=O)C(CB1OC(C)(C)C(C)(C)O1)c1cccc(C(=O)OC(C)(C)C)c1OC. The van der Waals surface area contributed by atoms with Gasteiger partial charge in [0.15, 0.2) is 0 Å². The second kappa shape index (κ2) is 8.59. The van der Waals surface area contributed by atoms with Crippen molar-refractivity contribution in [2.24, 2.45) is 0 Å². The highest BCUT2D eigenvalue weighted by molar-refractivity contribution is 6.46. The number of amides is 1. The lowest BCUT2D eigenvalue weighted by Crippen LogP contribution is -2.41. The number of hydrogen-bond donors (Lipinski definition) is 1. The Bertz CT molecular complexity index is 783. The monoisotopic (exact) mass is 419 g/mol. The number of nitrogens with one attached hydrogen (secondary N) is 1. The molecule has 7 nitrogen and oxygen atoms in total. The minimum Gasteiger partial charge on any atom is -0.496 e. The fourth-order valence-electron chi connectivity index (χ4n) is 3.35. The van der Waals surface area contributed by atoms with E-state index in [9.17, 15) is 9.59 Å². The number of esters is 1. The lowest BCUT2D eigenvalue weighted by Gasteiger charge is -2.32.